The molecule has 0 spiro atoms. The van der Waals surface area contributed by atoms with Crippen molar-refractivity contribution in [2.45, 2.75) is 82.1 Å². The van der Waals surface area contributed by atoms with Crippen molar-refractivity contribution in [3.8, 4) is 0 Å². The van der Waals surface area contributed by atoms with E-state index in [2.05, 4.69) is 69.2 Å². The van der Waals surface area contributed by atoms with Crippen molar-refractivity contribution in [1.82, 2.24) is 0 Å². The second-order valence-corrected chi connectivity index (χ2v) is 10.7. The van der Waals surface area contributed by atoms with Gasteiger partial charge in [-0.25, -0.2) is 0 Å². The molecule has 2 fully saturated rings. The van der Waals surface area contributed by atoms with Gasteiger partial charge in [-0.1, -0.05) is 69.2 Å². The molecule has 112 valence electrons. The van der Waals surface area contributed by atoms with E-state index in [-0.39, 0.29) is 0 Å². The molecule has 2 aliphatic rings. The van der Waals surface area contributed by atoms with Crippen molar-refractivity contribution >= 4 is 0 Å². The first-order valence-electron chi connectivity index (χ1n) is 8.19. The molecule has 19 heavy (non-hydrogen) atoms. The summed E-state index contributed by atoms with van der Waals surface area (Å²) in [6, 6.07) is 0. The Morgan fingerprint density at radius 3 is 1.79 bits per heavy atom. The summed E-state index contributed by atoms with van der Waals surface area (Å²) in [6.45, 7) is 24.9. The lowest BCUT2D eigenvalue weighted by atomic mass is 9.50. The molecule has 0 amide bonds. The van der Waals surface area contributed by atoms with Gasteiger partial charge in [-0.15, -0.1) is 0 Å². The molecule has 0 aliphatic heterocycles. The van der Waals surface area contributed by atoms with E-state index in [0.717, 1.165) is 11.8 Å². The van der Waals surface area contributed by atoms with Gasteiger partial charge in [0, 0.05) is 0 Å². The largest absolute Gasteiger partial charge is 0.0617 e. The molecule has 5 atom stereocenters. The van der Waals surface area contributed by atoms with E-state index >= 15 is 0 Å². The van der Waals surface area contributed by atoms with Gasteiger partial charge in [0.1, 0.15) is 0 Å². The van der Waals surface area contributed by atoms with Gasteiger partial charge >= 0.3 is 0 Å². The van der Waals surface area contributed by atoms with Gasteiger partial charge in [-0.3, -0.25) is 0 Å². The van der Waals surface area contributed by atoms with E-state index in [1.165, 1.54) is 12.8 Å². The molecular formula is C19H36. The van der Waals surface area contributed by atoms with Crippen LogP contribution < -0.4 is 0 Å². The van der Waals surface area contributed by atoms with Gasteiger partial charge in [0.15, 0.2) is 0 Å². The number of hydrogen-bond donors (Lipinski definition) is 0. The van der Waals surface area contributed by atoms with Crippen LogP contribution in [0, 0.1) is 38.9 Å². The fourth-order valence-corrected chi connectivity index (χ4v) is 6.18. The summed E-state index contributed by atoms with van der Waals surface area (Å²) in [7, 11) is 0. The van der Waals surface area contributed by atoms with E-state index in [1.807, 2.05) is 0 Å². The second kappa shape index (κ2) is 3.60. The van der Waals surface area contributed by atoms with Gasteiger partial charge in [-0.05, 0) is 51.8 Å². The van der Waals surface area contributed by atoms with Gasteiger partial charge in [0.2, 0.25) is 0 Å². The second-order valence-electron chi connectivity index (χ2n) is 10.7. The van der Waals surface area contributed by atoms with Crippen molar-refractivity contribution in [2.75, 3.05) is 0 Å². The summed E-state index contributed by atoms with van der Waals surface area (Å²) in [5.41, 5.74) is 2.37. The van der Waals surface area contributed by atoms with Crippen LogP contribution in [0.25, 0.3) is 0 Å². The Morgan fingerprint density at radius 2 is 1.42 bits per heavy atom. The number of fused-ring (bicyclic) bond motifs is 1. The quantitative estimate of drug-likeness (QED) is 0.532. The average Bonchev–Trinajstić information content (AvgIpc) is 2.55. The monoisotopic (exact) mass is 264 g/mol. The predicted octanol–water partition coefficient (Wildman–Crippen LogP) is 6.16. The lowest BCUT2D eigenvalue weighted by Crippen LogP contribution is -2.47. The Morgan fingerprint density at radius 1 is 0.947 bits per heavy atom. The molecule has 0 heterocycles. The summed E-state index contributed by atoms with van der Waals surface area (Å²) in [4.78, 5) is 0. The Hall–Kier alpha value is 0. The minimum atomic E-state index is 0.392. The third-order valence-electron chi connectivity index (χ3n) is 7.38. The molecule has 2 aliphatic carbocycles. The minimum absolute atomic E-state index is 0.392. The van der Waals surface area contributed by atoms with Gasteiger partial charge in [0.25, 0.3) is 0 Å². The smallest absolute Gasteiger partial charge is 0.0215 e. The topological polar surface area (TPSA) is 0 Å². The molecular weight excluding hydrogens is 228 g/mol. The van der Waals surface area contributed by atoms with E-state index in [0.29, 0.717) is 27.1 Å². The van der Waals surface area contributed by atoms with Gasteiger partial charge < -0.3 is 0 Å². The maximum Gasteiger partial charge on any atom is -0.0215 e. The summed E-state index contributed by atoms with van der Waals surface area (Å²) in [6.07, 6.45) is 2.78. The standard InChI is InChI=1S/C19H36/c1-13-14-17(13,8)12-19(10,16(5,6)7)18(14,9)11-15(2,3)4/h13-14H,11-12H2,1-10H3. The zero-order chi connectivity index (χ0) is 15.1. The van der Waals surface area contributed by atoms with Crippen LogP contribution in [0.2, 0.25) is 0 Å². The first-order chi connectivity index (χ1) is 8.19. The molecule has 0 heteroatoms. The minimum Gasteiger partial charge on any atom is -0.0617 e. The maximum absolute atomic E-state index is 2.61. The Kier molecular flexibility index (Phi) is 2.92. The first kappa shape index (κ1) is 15.4. The number of rotatable bonds is 1. The lowest BCUT2D eigenvalue weighted by molar-refractivity contribution is -0.0616. The van der Waals surface area contributed by atoms with E-state index in [1.54, 1.807) is 0 Å². The van der Waals surface area contributed by atoms with Crippen LogP contribution in [0.1, 0.15) is 82.1 Å². The van der Waals surface area contributed by atoms with Crippen LogP contribution in [0.3, 0.4) is 0 Å². The molecule has 0 aromatic heterocycles. The molecule has 0 nitrogen and oxygen atoms in total. The average molecular weight is 264 g/mol. The van der Waals surface area contributed by atoms with E-state index < -0.39 is 0 Å². The molecule has 2 rings (SSSR count). The van der Waals surface area contributed by atoms with E-state index in [9.17, 15) is 0 Å². The van der Waals surface area contributed by atoms with Crippen molar-refractivity contribution in [2.24, 2.45) is 38.9 Å². The van der Waals surface area contributed by atoms with Crippen molar-refractivity contribution in [3.05, 3.63) is 0 Å². The fraction of sp³-hybridized carbons (Fsp3) is 1.00. The van der Waals surface area contributed by atoms with Crippen LogP contribution in [-0.4, -0.2) is 0 Å². The predicted molar refractivity (Wildman–Crippen MR) is 85.1 cm³/mol. The van der Waals surface area contributed by atoms with Crippen molar-refractivity contribution in [1.29, 1.82) is 0 Å². The van der Waals surface area contributed by atoms with Crippen molar-refractivity contribution in [3.63, 3.8) is 0 Å². The highest BCUT2D eigenvalue weighted by Gasteiger charge is 2.78. The molecule has 2 saturated carbocycles. The molecule has 0 aromatic carbocycles. The molecule has 5 unspecified atom stereocenters. The third kappa shape index (κ3) is 1.84. The third-order valence-corrected chi connectivity index (χ3v) is 7.38. The van der Waals surface area contributed by atoms with Crippen LogP contribution in [0.5, 0.6) is 0 Å². The molecule has 0 N–H and O–H groups in total. The lowest BCUT2D eigenvalue weighted by Gasteiger charge is -2.55. The summed E-state index contributed by atoms with van der Waals surface area (Å²) >= 11 is 0. The zero-order valence-corrected chi connectivity index (χ0v) is 15.1. The molecule has 0 saturated heterocycles. The zero-order valence-electron chi connectivity index (χ0n) is 15.1. The summed E-state index contributed by atoms with van der Waals surface area (Å²) in [5.74, 6) is 1.86. The summed E-state index contributed by atoms with van der Waals surface area (Å²) < 4.78 is 0. The molecule has 0 aromatic rings. The van der Waals surface area contributed by atoms with Gasteiger partial charge in [-0.2, -0.15) is 0 Å². The Balaban J connectivity index is 2.47. The Bertz CT molecular complexity index is 380. The summed E-state index contributed by atoms with van der Waals surface area (Å²) in [5, 5.41) is 0. The van der Waals surface area contributed by atoms with E-state index in [4.69, 9.17) is 0 Å². The highest BCUT2D eigenvalue weighted by Crippen LogP contribution is 2.84. The van der Waals surface area contributed by atoms with Crippen LogP contribution in [0.4, 0.5) is 0 Å². The molecule has 0 radical (unpaired) electrons. The van der Waals surface area contributed by atoms with Crippen LogP contribution in [0.15, 0.2) is 0 Å². The Labute approximate surface area is 121 Å². The normalized spacial score (nSPS) is 50.2. The van der Waals surface area contributed by atoms with Gasteiger partial charge in [0.05, 0.1) is 0 Å². The van der Waals surface area contributed by atoms with Crippen molar-refractivity contribution < 1.29 is 0 Å². The fourth-order valence-electron chi connectivity index (χ4n) is 6.18. The van der Waals surface area contributed by atoms with Crippen LogP contribution in [-0.2, 0) is 0 Å². The van der Waals surface area contributed by atoms with Crippen LogP contribution >= 0.6 is 0 Å². The maximum atomic E-state index is 2.61. The highest BCUT2D eigenvalue weighted by molar-refractivity contribution is 5.25. The first-order valence-corrected chi connectivity index (χ1v) is 8.19. The molecule has 0 bridgehead atoms. The highest BCUT2D eigenvalue weighted by atomic mass is 14.8. The number of hydrogen-bond acceptors (Lipinski definition) is 0. The SMILES string of the molecule is CC1C2C1(C)CC(C)(C(C)(C)C)C2(C)CC(C)(C)C.